The van der Waals surface area contributed by atoms with Crippen molar-refractivity contribution in [3.05, 3.63) is 33.8 Å². The Morgan fingerprint density at radius 1 is 1.32 bits per heavy atom. The lowest BCUT2D eigenvalue weighted by molar-refractivity contribution is 0.211. The number of rotatable bonds is 5. The van der Waals surface area contributed by atoms with Gasteiger partial charge in [-0.1, -0.05) is 28.1 Å². The Kier molecular flexibility index (Phi) is 5.86. The number of likely N-dealkylation sites (tertiary alicyclic amines) is 1. The summed E-state index contributed by atoms with van der Waals surface area (Å²) in [5.41, 5.74) is 2.69. The molecule has 3 heteroatoms. The van der Waals surface area contributed by atoms with E-state index in [1.165, 1.54) is 48.0 Å². The van der Waals surface area contributed by atoms with Gasteiger partial charge in [-0.3, -0.25) is 0 Å². The highest BCUT2D eigenvalue weighted by Gasteiger charge is 2.15. The van der Waals surface area contributed by atoms with Crippen molar-refractivity contribution in [3.63, 3.8) is 0 Å². The smallest absolute Gasteiger partial charge is 0.0205 e. The predicted molar refractivity (Wildman–Crippen MR) is 85.4 cm³/mol. The molecule has 0 atom stereocenters. The van der Waals surface area contributed by atoms with E-state index in [1.807, 2.05) is 0 Å². The normalized spacial score (nSPS) is 17.8. The van der Waals surface area contributed by atoms with Gasteiger partial charge >= 0.3 is 0 Å². The van der Waals surface area contributed by atoms with Crippen LogP contribution < -0.4 is 5.32 Å². The molecular formula is C16H25BrN2. The molecule has 2 rings (SSSR count). The van der Waals surface area contributed by atoms with Gasteiger partial charge in [0.25, 0.3) is 0 Å². The average molecular weight is 325 g/mol. The van der Waals surface area contributed by atoms with Crippen molar-refractivity contribution in [1.82, 2.24) is 10.2 Å². The summed E-state index contributed by atoms with van der Waals surface area (Å²) in [5, 5.41) is 3.58. The number of nitrogens with one attached hydrogen (secondary N) is 1. The fraction of sp³-hybridized carbons (Fsp3) is 0.625. The first kappa shape index (κ1) is 15.0. The van der Waals surface area contributed by atoms with Gasteiger partial charge in [-0.05, 0) is 76.0 Å². The van der Waals surface area contributed by atoms with Gasteiger partial charge in [0, 0.05) is 11.0 Å². The first-order chi connectivity index (χ1) is 9.15. The zero-order valence-corrected chi connectivity index (χ0v) is 13.7. The Morgan fingerprint density at radius 2 is 2.05 bits per heavy atom. The third kappa shape index (κ3) is 4.90. The van der Waals surface area contributed by atoms with Gasteiger partial charge in [0.2, 0.25) is 0 Å². The number of hydrogen-bond acceptors (Lipinski definition) is 2. The third-order valence-electron chi connectivity index (χ3n) is 4.12. The standard InChI is InChI=1S/C16H25BrN2/c1-13-11-15(3-4-16(13)17)12-18-8-5-14-6-9-19(2)10-7-14/h3-4,11,14,18H,5-10,12H2,1-2H3. The SMILES string of the molecule is Cc1cc(CNCCC2CCN(C)CC2)ccc1Br. The van der Waals surface area contributed by atoms with Gasteiger partial charge in [0.15, 0.2) is 0 Å². The second kappa shape index (κ2) is 7.41. The largest absolute Gasteiger partial charge is 0.313 e. The van der Waals surface area contributed by atoms with Gasteiger partial charge in [-0.2, -0.15) is 0 Å². The summed E-state index contributed by atoms with van der Waals surface area (Å²) in [6.07, 6.45) is 4.06. The summed E-state index contributed by atoms with van der Waals surface area (Å²) < 4.78 is 1.20. The summed E-state index contributed by atoms with van der Waals surface area (Å²) in [6, 6.07) is 6.59. The molecule has 0 spiro atoms. The van der Waals surface area contributed by atoms with Crippen molar-refractivity contribution in [3.8, 4) is 0 Å². The molecule has 19 heavy (non-hydrogen) atoms. The van der Waals surface area contributed by atoms with Gasteiger partial charge in [0.05, 0.1) is 0 Å². The molecule has 1 aromatic carbocycles. The van der Waals surface area contributed by atoms with Crippen molar-refractivity contribution in [2.75, 3.05) is 26.7 Å². The van der Waals surface area contributed by atoms with Crippen molar-refractivity contribution in [2.45, 2.75) is 32.7 Å². The number of halogens is 1. The lowest BCUT2D eigenvalue weighted by Crippen LogP contribution is -2.31. The fourth-order valence-corrected chi connectivity index (χ4v) is 2.95. The molecule has 0 saturated carbocycles. The molecule has 106 valence electrons. The lowest BCUT2D eigenvalue weighted by atomic mass is 9.94. The maximum Gasteiger partial charge on any atom is 0.0205 e. The maximum absolute atomic E-state index is 3.58. The summed E-state index contributed by atoms with van der Waals surface area (Å²) >= 11 is 3.54. The Labute approximate surface area is 125 Å². The minimum atomic E-state index is 0.926. The van der Waals surface area contributed by atoms with Crippen molar-refractivity contribution < 1.29 is 0 Å². The van der Waals surface area contributed by atoms with E-state index >= 15 is 0 Å². The van der Waals surface area contributed by atoms with Crippen LogP contribution in [0.5, 0.6) is 0 Å². The van der Waals surface area contributed by atoms with E-state index in [1.54, 1.807) is 0 Å². The summed E-state index contributed by atoms with van der Waals surface area (Å²) in [4.78, 5) is 2.44. The molecule has 1 fully saturated rings. The monoisotopic (exact) mass is 324 g/mol. The number of benzene rings is 1. The number of piperidine rings is 1. The van der Waals surface area contributed by atoms with E-state index in [2.05, 4.69) is 58.3 Å². The molecule has 0 amide bonds. The van der Waals surface area contributed by atoms with Crippen LogP contribution in [0.1, 0.15) is 30.4 Å². The van der Waals surface area contributed by atoms with Crippen LogP contribution >= 0.6 is 15.9 Å². The minimum absolute atomic E-state index is 0.926. The number of aryl methyl sites for hydroxylation is 1. The van der Waals surface area contributed by atoms with Crippen LogP contribution in [-0.4, -0.2) is 31.6 Å². The van der Waals surface area contributed by atoms with Crippen LogP contribution in [0.15, 0.2) is 22.7 Å². The van der Waals surface area contributed by atoms with E-state index in [4.69, 9.17) is 0 Å². The highest BCUT2D eigenvalue weighted by atomic mass is 79.9. The Hall–Kier alpha value is -0.380. The first-order valence-electron chi connectivity index (χ1n) is 7.29. The first-order valence-corrected chi connectivity index (χ1v) is 8.09. The summed E-state index contributed by atoms with van der Waals surface area (Å²) in [5.74, 6) is 0.926. The Bertz CT molecular complexity index is 398. The lowest BCUT2D eigenvalue weighted by Gasteiger charge is -2.28. The second-order valence-corrected chi connectivity index (χ2v) is 6.65. The van der Waals surface area contributed by atoms with Crippen molar-refractivity contribution in [2.24, 2.45) is 5.92 Å². The summed E-state index contributed by atoms with van der Waals surface area (Å²) in [6.45, 7) is 6.82. The average Bonchev–Trinajstić information content (AvgIpc) is 2.41. The molecule has 0 unspecified atom stereocenters. The number of nitrogens with zero attached hydrogens (tertiary/aromatic N) is 1. The topological polar surface area (TPSA) is 15.3 Å². The fourth-order valence-electron chi connectivity index (χ4n) is 2.71. The molecule has 2 nitrogen and oxygen atoms in total. The van der Waals surface area contributed by atoms with Crippen molar-refractivity contribution >= 4 is 15.9 Å². The molecule has 1 aliphatic heterocycles. The van der Waals surface area contributed by atoms with Gasteiger partial charge in [0.1, 0.15) is 0 Å². The van der Waals surface area contributed by atoms with E-state index in [0.717, 1.165) is 19.0 Å². The van der Waals surface area contributed by atoms with Crippen LogP contribution in [0, 0.1) is 12.8 Å². The molecule has 1 aliphatic rings. The van der Waals surface area contributed by atoms with Crippen molar-refractivity contribution in [1.29, 1.82) is 0 Å². The molecule has 0 bridgehead atoms. The molecule has 0 aliphatic carbocycles. The molecule has 1 saturated heterocycles. The molecule has 1 N–H and O–H groups in total. The van der Waals surface area contributed by atoms with E-state index in [9.17, 15) is 0 Å². The number of hydrogen-bond donors (Lipinski definition) is 1. The van der Waals surface area contributed by atoms with Crippen LogP contribution in [-0.2, 0) is 6.54 Å². The molecular weight excluding hydrogens is 300 g/mol. The zero-order chi connectivity index (χ0) is 13.7. The quantitative estimate of drug-likeness (QED) is 0.833. The molecule has 1 heterocycles. The molecule has 0 aromatic heterocycles. The zero-order valence-electron chi connectivity index (χ0n) is 12.1. The molecule has 1 aromatic rings. The van der Waals surface area contributed by atoms with E-state index in [-0.39, 0.29) is 0 Å². The van der Waals surface area contributed by atoms with Gasteiger partial charge in [-0.25, -0.2) is 0 Å². The second-order valence-electron chi connectivity index (χ2n) is 5.80. The minimum Gasteiger partial charge on any atom is -0.313 e. The van der Waals surface area contributed by atoms with E-state index < -0.39 is 0 Å². The predicted octanol–water partition coefficient (Wildman–Crippen LogP) is 3.58. The van der Waals surface area contributed by atoms with E-state index in [0.29, 0.717) is 0 Å². The highest BCUT2D eigenvalue weighted by molar-refractivity contribution is 9.10. The third-order valence-corrected chi connectivity index (χ3v) is 5.01. The Balaban J connectivity index is 1.65. The maximum atomic E-state index is 3.58. The van der Waals surface area contributed by atoms with Crippen LogP contribution in [0.3, 0.4) is 0 Å². The summed E-state index contributed by atoms with van der Waals surface area (Å²) in [7, 11) is 2.23. The van der Waals surface area contributed by atoms with Gasteiger partial charge in [-0.15, -0.1) is 0 Å². The highest BCUT2D eigenvalue weighted by Crippen LogP contribution is 2.19. The van der Waals surface area contributed by atoms with Crippen LogP contribution in [0.25, 0.3) is 0 Å². The Morgan fingerprint density at radius 3 is 2.74 bits per heavy atom. The van der Waals surface area contributed by atoms with Gasteiger partial charge < -0.3 is 10.2 Å². The molecule has 0 radical (unpaired) electrons. The van der Waals surface area contributed by atoms with Crippen LogP contribution in [0.2, 0.25) is 0 Å². The van der Waals surface area contributed by atoms with Crippen LogP contribution in [0.4, 0.5) is 0 Å².